The Kier molecular flexibility index (Phi) is 3.09. The Morgan fingerprint density at radius 3 is 2.40 bits per heavy atom. The van der Waals surface area contributed by atoms with Crippen molar-refractivity contribution in [3.8, 4) is 0 Å². The summed E-state index contributed by atoms with van der Waals surface area (Å²) in [6.07, 6.45) is 3.65. The fraction of sp³-hybridized carbons (Fsp3) is 0.333. The van der Waals surface area contributed by atoms with Crippen molar-refractivity contribution in [2.24, 2.45) is 0 Å². The number of rotatable bonds is 2. The first-order valence-corrected chi connectivity index (χ1v) is 6.08. The summed E-state index contributed by atoms with van der Waals surface area (Å²) in [5.74, 6) is -0.270. The molecular weight excluding hydrogens is 216 g/mol. The summed E-state index contributed by atoms with van der Waals surface area (Å²) in [7, 11) is -0.132. The second kappa shape index (κ2) is 3.98. The molecule has 0 aliphatic carbocycles. The molecule has 0 aromatic carbocycles. The molecule has 1 heterocycles. The van der Waals surface area contributed by atoms with E-state index in [1.807, 2.05) is 0 Å². The average Bonchev–Trinajstić information content (AvgIpc) is 2.15. The Bertz CT molecular complexity index is 480. The summed E-state index contributed by atoms with van der Waals surface area (Å²) in [5, 5.41) is 0. The lowest BCUT2D eigenvalue weighted by Crippen LogP contribution is -2.22. The highest BCUT2D eigenvalue weighted by Gasteiger charge is 2.13. The first-order valence-electron chi connectivity index (χ1n) is 4.19. The highest BCUT2D eigenvalue weighted by molar-refractivity contribution is 7.90. The van der Waals surface area contributed by atoms with Gasteiger partial charge in [0.2, 0.25) is 0 Å². The lowest BCUT2D eigenvalue weighted by Gasteiger charge is -2.10. The Balaban J connectivity index is 3.20. The summed E-state index contributed by atoms with van der Waals surface area (Å²) < 4.78 is 22.4. The van der Waals surface area contributed by atoms with Crippen LogP contribution in [0.1, 0.15) is 10.4 Å². The summed E-state index contributed by atoms with van der Waals surface area (Å²) in [5.41, 5.74) is 0.267. The van der Waals surface area contributed by atoms with Gasteiger partial charge in [-0.25, -0.2) is 8.42 Å². The van der Waals surface area contributed by atoms with E-state index in [2.05, 4.69) is 4.98 Å². The number of pyridine rings is 1. The van der Waals surface area contributed by atoms with Gasteiger partial charge in [0.25, 0.3) is 5.91 Å². The number of sulfone groups is 1. The molecule has 5 nitrogen and oxygen atoms in total. The topological polar surface area (TPSA) is 67.3 Å². The van der Waals surface area contributed by atoms with Gasteiger partial charge in [-0.3, -0.25) is 9.78 Å². The average molecular weight is 228 g/mol. The number of carbonyl (C=O) groups excluding carboxylic acids is 1. The molecular formula is C9H12N2O3S. The van der Waals surface area contributed by atoms with Crippen LogP contribution in [0.5, 0.6) is 0 Å². The van der Waals surface area contributed by atoms with E-state index >= 15 is 0 Å². The van der Waals surface area contributed by atoms with Crippen molar-refractivity contribution in [2.75, 3.05) is 20.4 Å². The Hall–Kier alpha value is -1.43. The van der Waals surface area contributed by atoms with Gasteiger partial charge < -0.3 is 4.90 Å². The van der Waals surface area contributed by atoms with Crippen molar-refractivity contribution in [1.82, 2.24) is 9.88 Å². The minimum Gasteiger partial charge on any atom is -0.345 e. The largest absolute Gasteiger partial charge is 0.345 e. The van der Waals surface area contributed by atoms with Crippen LogP contribution in [0.25, 0.3) is 0 Å². The smallest absolute Gasteiger partial charge is 0.254 e. The Labute approximate surface area is 88.7 Å². The van der Waals surface area contributed by atoms with Gasteiger partial charge in [0.05, 0.1) is 10.5 Å². The van der Waals surface area contributed by atoms with Gasteiger partial charge in [-0.15, -0.1) is 0 Å². The minimum atomic E-state index is -3.32. The number of nitrogens with zero attached hydrogens (tertiary/aromatic N) is 2. The van der Waals surface area contributed by atoms with Crippen molar-refractivity contribution in [3.63, 3.8) is 0 Å². The van der Waals surface area contributed by atoms with Gasteiger partial charge in [0.1, 0.15) is 0 Å². The van der Waals surface area contributed by atoms with Crippen molar-refractivity contribution >= 4 is 15.7 Å². The number of hydrogen-bond donors (Lipinski definition) is 0. The van der Waals surface area contributed by atoms with Crippen LogP contribution in [0.4, 0.5) is 0 Å². The third-order valence-corrected chi connectivity index (χ3v) is 2.87. The van der Waals surface area contributed by atoms with Gasteiger partial charge in [0, 0.05) is 32.7 Å². The van der Waals surface area contributed by atoms with E-state index in [0.717, 1.165) is 6.26 Å². The molecule has 15 heavy (non-hydrogen) atoms. The van der Waals surface area contributed by atoms with Crippen molar-refractivity contribution in [3.05, 3.63) is 24.0 Å². The van der Waals surface area contributed by atoms with E-state index in [9.17, 15) is 13.2 Å². The van der Waals surface area contributed by atoms with Crippen molar-refractivity contribution < 1.29 is 13.2 Å². The zero-order chi connectivity index (χ0) is 11.6. The van der Waals surface area contributed by atoms with E-state index in [-0.39, 0.29) is 16.4 Å². The number of amides is 1. The molecule has 0 spiro atoms. The van der Waals surface area contributed by atoms with Gasteiger partial charge in [-0.05, 0) is 6.07 Å². The molecule has 0 radical (unpaired) electrons. The SMILES string of the molecule is CN(C)C(=O)c1cncc(S(C)(=O)=O)c1. The molecule has 82 valence electrons. The van der Waals surface area contributed by atoms with Crippen LogP contribution in [0.15, 0.2) is 23.4 Å². The molecule has 0 fully saturated rings. The first-order chi connectivity index (χ1) is 6.82. The van der Waals surface area contributed by atoms with E-state index in [1.54, 1.807) is 14.1 Å². The molecule has 0 aliphatic heterocycles. The minimum absolute atomic E-state index is 0.0511. The van der Waals surface area contributed by atoms with Crippen LogP contribution >= 0.6 is 0 Å². The van der Waals surface area contributed by atoms with Gasteiger partial charge >= 0.3 is 0 Å². The van der Waals surface area contributed by atoms with Gasteiger partial charge in [-0.2, -0.15) is 0 Å². The van der Waals surface area contributed by atoms with Crippen LogP contribution in [-0.4, -0.2) is 44.6 Å². The summed E-state index contributed by atoms with van der Waals surface area (Å²) >= 11 is 0. The van der Waals surface area contributed by atoms with Crippen LogP contribution in [0.3, 0.4) is 0 Å². The molecule has 0 N–H and O–H groups in total. The molecule has 1 aromatic heterocycles. The molecule has 1 rings (SSSR count). The number of carbonyl (C=O) groups is 1. The third-order valence-electron chi connectivity index (χ3n) is 1.79. The van der Waals surface area contributed by atoms with Crippen molar-refractivity contribution in [2.45, 2.75) is 4.90 Å². The van der Waals surface area contributed by atoms with E-state index in [1.165, 1.54) is 23.4 Å². The van der Waals surface area contributed by atoms with Crippen LogP contribution in [0, 0.1) is 0 Å². The normalized spacial score (nSPS) is 11.1. The molecule has 1 aromatic rings. The lowest BCUT2D eigenvalue weighted by atomic mass is 10.2. The first kappa shape index (κ1) is 11.6. The fourth-order valence-electron chi connectivity index (χ4n) is 0.997. The molecule has 0 bridgehead atoms. The third kappa shape index (κ3) is 2.76. The highest BCUT2D eigenvalue weighted by Crippen LogP contribution is 2.10. The summed E-state index contributed by atoms with van der Waals surface area (Å²) in [6.45, 7) is 0. The summed E-state index contributed by atoms with van der Waals surface area (Å²) in [4.78, 5) is 16.7. The van der Waals surface area contributed by atoms with Gasteiger partial charge in [-0.1, -0.05) is 0 Å². The molecule has 0 saturated heterocycles. The molecule has 6 heteroatoms. The van der Waals surface area contributed by atoms with E-state index < -0.39 is 9.84 Å². The molecule has 0 unspecified atom stereocenters. The standard InChI is InChI=1S/C9H12N2O3S/c1-11(2)9(12)7-4-8(6-10-5-7)15(3,13)14/h4-6H,1-3H3. The number of hydrogen-bond acceptors (Lipinski definition) is 4. The molecule has 0 saturated carbocycles. The lowest BCUT2D eigenvalue weighted by molar-refractivity contribution is 0.0827. The van der Waals surface area contributed by atoms with E-state index in [0.29, 0.717) is 0 Å². The second-order valence-electron chi connectivity index (χ2n) is 3.38. The highest BCUT2D eigenvalue weighted by atomic mass is 32.2. The fourth-order valence-corrected chi connectivity index (χ4v) is 1.59. The zero-order valence-corrected chi connectivity index (χ0v) is 9.58. The number of aromatic nitrogens is 1. The second-order valence-corrected chi connectivity index (χ2v) is 5.40. The predicted octanol–water partition coefficient (Wildman–Crippen LogP) is 0.187. The Morgan fingerprint density at radius 1 is 1.33 bits per heavy atom. The predicted molar refractivity (Wildman–Crippen MR) is 55.4 cm³/mol. The van der Waals surface area contributed by atoms with Crippen molar-refractivity contribution in [1.29, 1.82) is 0 Å². The summed E-state index contributed by atoms with van der Waals surface area (Å²) in [6, 6.07) is 1.32. The van der Waals surface area contributed by atoms with Crippen LogP contribution < -0.4 is 0 Å². The molecule has 1 amide bonds. The Morgan fingerprint density at radius 2 is 1.93 bits per heavy atom. The maximum atomic E-state index is 11.5. The maximum absolute atomic E-state index is 11.5. The monoisotopic (exact) mass is 228 g/mol. The molecule has 0 aliphatic rings. The van der Waals surface area contributed by atoms with E-state index in [4.69, 9.17) is 0 Å². The maximum Gasteiger partial charge on any atom is 0.254 e. The molecule has 0 atom stereocenters. The zero-order valence-electron chi connectivity index (χ0n) is 8.76. The quantitative estimate of drug-likeness (QED) is 0.724. The van der Waals surface area contributed by atoms with Crippen LogP contribution in [-0.2, 0) is 9.84 Å². The van der Waals surface area contributed by atoms with Crippen LogP contribution in [0.2, 0.25) is 0 Å². The van der Waals surface area contributed by atoms with Gasteiger partial charge in [0.15, 0.2) is 9.84 Å².